The SMILES string of the molecule is CC(=O)Nc1cccc(Nc2ccc(C(=O)N3CCCCC3)nc2)c1. The number of hydrogen-bond donors (Lipinski definition) is 2. The number of hydrogen-bond acceptors (Lipinski definition) is 4. The number of likely N-dealkylation sites (tertiary alicyclic amines) is 1. The van der Waals surface area contributed by atoms with Gasteiger partial charge in [0.2, 0.25) is 5.91 Å². The van der Waals surface area contributed by atoms with Gasteiger partial charge in [0.25, 0.3) is 5.91 Å². The molecule has 0 spiro atoms. The van der Waals surface area contributed by atoms with E-state index in [1.165, 1.54) is 13.3 Å². The first-order valence-corrected chi connectivity index (χ1v) is 8.52. The fourth-order valence-electron chi connectivity index (χ4n) is 2.90. The van der Waals surface area contributed by atoms with E-state index in [1.807, 2.05) is 35.2 Å². The van der Waals surface area contributed by atoms with Gasteiger partial charge >= 0.3 is 0 Å². The fourth-order valence-corrected chi connectivity index (χ4v) is 2.90. The Hall–Kier alpha value is -2.89. The number of piperidine rings is 1. The predicted octanol–water partition coefficient (Wildman–Crippen LogP) is 3.41. The fraction of sp³-hybridized carbons (Fsp3) is 0.316. The van der Waals surface area contributed by atoms with Crippen LogP contribution < -0.4 is 10.6 Å². The third-order valence-electron chi connectivity index (χ3n) is 4.10. The number of carbonyl (C=O) groups is 2. The van der Waals surface area contributed by atoms with Crippen molar-refractivity contribution in [2.75, 3.05) is 23.7 Å². The van der Waals surface area contributed by atoms with Gasteiger partial charge in [0.05, 0.1) is 11.9 Å². The van der Waals surface area contributed by atoms with Gasteiger partial charge in [-0.2, -0.15) is 0 Å². The van der Waals surface area contributed by atoms with Crippen molar-refractivity contribution >= 4 is 28.9 Å². The normalized spacial score (nSPS) is 14.0. The maximum Gasteiger partial charge on any atom is 0.272 e. The molecule has 6 heteroatoms. The third kappa shape index (κ3) is 4.56. The second-order valence-corrected chi connectivity index (χ2v) is 6.17. The molecule has 0 saturated carbocycles. The van der Waals surface area contributed by atoms with Gasteiger partial charge in [0, 0.05) is 31.4 Å². The molecule has 2 heterocycles. The van der Waals surface area contributed by atoms with Crippen LogP contribution in [0.15, 0.2) is 42.6 Å². The second kappa shape index (κ2) is 7.79. The molecular formula is C19H22N4O2. The summed E-state index contributed by atoms with van der Waals surface area (Å²) >= 11 is 0. The van der Waals surface area contributed by atoms with Gasteiger partial charge in [0.1, 0.15) is 5.69 Å². The number of nitrogens with zero attached hydrogens (tertiary/aromatic N) is 2. The molecule has 2 N–H and O–H groups in total. The van der Waals surface area contributed by atoms with E-state index in [0.29, 0.717) is 5.69 Å². The first-order valence-electron chi connectivity index (χ1n) is 8.52. The van der Waals surface area contributed by atoms with Crippen LogP contribution in [-0.2, 0) is 4.79 Å². The second-order valence-electron chi connectivity index (χ2n) is 6.17. The average Bonchev–Trinajstić information content (AvgIpc) is 2.62. The number of amides is 2. The molecule has 130 valence electrons. The molecule has 2 amide bonds. The summed E-state index contributed by atoms with van der Waals surface area (Å²) in [6.45, 7) is 3.11. The quantitative estimate of drug-likeness (QED) is 0.896. The van der Waals surface area contributed by atoms with Crippen LogP contribution in [-0.4, -0.2) is 34.8 Å². The molecule has 0 atom stereocenters. The lowest BCUT2D eigenvalue weighted by atomic mass is 10.1. The van der Waals surface area contributed by atoms with E-state index in [1.54, 1.807) is 12.3 Å². The van der Waals surface area contributed by atoms with Gasteiger partial charge in [-0.05, 0) is 49.6 Å². The molecule has 0 aliphatic carbocycles. The highest BCUT2D eigenvalue weighted by atomic mass is 16.2. The standard InChI is InChI=1S/C19H22N4O2/c1-14(24)21-15-6-5-7-16(12-15)22-17-8-9-18(20-13-17)19(25)23-10-3-2-4-11-23/h5-9,12-13,22H,2-4,10-11H2,1H3,(H,21,24). The summed E-state index contributed by atoms with van der Waals surface area (Å²) < 4.78 is 0. The molecule has 25 heavy (non-hydrogen) atoms. The van der Waals surface area contributed by atoms with Crippen LogP contribution >= 0.6 is 0 Å². The lowest BCUT2D eigenvalue weighted by molar-refractivity contribution is -0.114. The Balaban J connectivity index is 1.66. The van der Waals surface area contributed by atoms with Gasteiger partial charge in [-0.3, -0.25) is 9.59 Å². The van der Waals surface area contributed by atoms with Crippen LogP contribution in [0.1, 0.15) is 36.7 Å². The zero-order valence-corrected chi connectivity index (χ0v) is 14.3. The molecule has 0 unspecified atom stereocenters. The summed E-state index contributed by atoms with van der Waals surface area (Å²) in [4.78, 5) is 29.7. The van der Waals surface area contributed by atoms with E-state index in [0.717, 1.165) is 43.0 Å². The van der Waals surface area contributed by atoms with Crippen molar-refractivity contribution in [2.24, 2.45) is 0 Å². The van der Waals surface area contributed by atoms with Crippen LogP contribution in [0, 0.1) is 0 Å². The van der Waals surface area contributed by atoms with Crippen molar-refractivity contribution in [2.45, 2.75) is 26.2 Å². The van der Waals surface area contributed by atoms with Crippen molar-refractivity contribution in [3.8, 4) is 0 Å². The molecule has 2 aromatic rings. The Bertz CT molecular complexity index is 752. The summed E-state index contributed by atoms with van der Waals surface area (Å²) in [5.41, 5.74) is 2.82. The summed E-state index contributed by atoms with van der Waals surface area (Å²) in [6.07, 6.45) is 4.98. The van der Waals surface area contributed by atoms with E-state index < -0.39 is 0 Å². The van der Waals surface area contributed by atoms with Crippen molar-refractivity contribution in [1.29, 1.82) is 0 Å². The lowest BCUT2D eigenvalue weighted by Gasteiger charge is -2.26. The van der Waals surface area contributed by atoms with Crippen molar-refractivity contribution in [3.63, 3.8) is 0 Å². The van der Waals surface area contributed by atoms with Crippen LogP contribution in [0.25, 0.3) is 0 Å². The average molecular weight is 338 g/mol. The van der Waals surface area contributed by atoms with Crippen molar-refractivity contribution < 1.29 is 9.59 Å². The van der Waals surface area contributed by atoms with E-state index in [2.05, 4.69) is 15.6 Å². The minimum Gasteiger partial charge on any atom is -0.354 e. The van der Waals surface area contributed by atoms with Gasteiger partial charge in [-0.25, -0.2) is 4.98 Å². The van der Waals surface area contributed by atoms with E-state index >= 15 is 0 Å². The largest absolute Gasteiger partial charge is 0.354 e. The summed E-state index contributed by atoms with van der Waals surface area (Å²) in [6, 6.07) is 11.0. The molecule has 1 saturated heterocycles. The molecule has 1 aliphatic rings. The topological polar surface area (TPSA) is 74.3 Å². The highest BCUT2D eigenvalue weighted by Crippen LogP contribution is 2.20. The summed E-state index contributed by atoms with van der Waals surface area (Å²) in [5, 5.41) is 5.97. The van der Waals surface area contributed by atoms with Crippen LogP contribution in [0.4, 0.5) is 17.1 Å². The Labute approximate surface area is 147 Å². The van der Waals surface area contributed by atoms with Gasteiger partial charge in [-0.15, -0.1) is 0 Å². The third-order valence-corrected chi connectivity index (χ3v) is 4.10. The van der Waals surface area contributed by atoms with Gasteiger partial charge in [-0.1, -0.05) is 6.07 Å². The van der Waals surface area contributed by atoms with Crippen molar-refractivity contribution in [3.05, 3.63) is 48.3 Å². The van der Waals surface area contributed by atoms with Crippen LogP contribution in [0.3, 0.4) is 0 Å². The van der Waals surface area contributed by atoms with E-state index in [4.69, 9.17) is 0 Å². The minimum absolute atomic E-state index is 0.00101. The first kappa shape index (κ1) is 17.0. The Kier molecular flexibility index (Phi) is 5.28. The summed E-state index contributed by atoms with van der Waals surface area (Å²) in [7, 11) is 0. The lowest BCUT2D eigenvalue weighted by Crippen LogP contribution is -2.36. The van der Waals surface area contributed by atoms with Crippen LogP contribution in [0.2, 0.25) is 0 Å². The number of pyridine rings is 1. The number of aromatic nitrogens is 1. The Morgan fingerprint density at radius 2 is 1.76 bits per heavy atom. The Morgan fingerprint density at radius 1 is 1.00 bits per heavy atom. The molecule has 0 radical (unpaired) electrons. The molecule has 0 bridgehead atoms. The monoisotopic (exact) mass is 338 g/mol. The number of anilines is 3. The first-order chi connectivity index (χ1) is 12.1. The summed E-state index contributed by atoms with van der Waals surface area (Å²) in [5.74, 6) is -0.113. The molecule has 6 nitrogen and oxygen atoms in total. The number of benzene rings is 1. The maximum absolute atomic E-state index is 12.4. The Morgan fingerprint density at radius 3 is 2.44 bits per heavy atom. The number of rotatable bonds is 4. The minimum atomic E-state index is -0.112. The number of carbonyl (C=O) groups excluding carboxylic acids is 2. The number of nitrogens with one attached hydrogen (secondary N) is 2. The highest BCUT2D eigenvalue weighted by Gasteiger charge is 2.18. The zero-order chi connectivity index (χ0) is 17.6. The van der Waals surface area contributed by atoms with Crippen molar-refractivity contribution in [1.82, 2.24) is 9.88 Å². The van der Waals surface area contributed by atoms with Crippen LogP contribution in [0.5, 0.6) is 0 Å². The molecule has 1 aliphatic heterocycles. The molecular weight excluding hydrogens is 316 g/mol. The molecule has 1 aromatic heterocycles. The maximum atomic E-state index is 12.4. The van der Waals surface area contributed by atoms with E-state index in [9.17, 15) is 9.59 Å². The smallest absolute Gasteiger partial charge is 0.272 e. The molecule has 1 aromatic carbocycles. The molecule has 3 rings (SSSR count). The zero-order valence-electron chi connectivity index (χ0n) is 14.3. The van der Waals surface area contributed by atoms with E-state index in [-0.39, 0.29) is 11.8 Å². The predicted molar refractivity (Wildman–Crippen MR) is 98.0 cm³/mol. The molecule has 1 fully saturated rings. The highest BCUT2D eigenvalue weighted by molar-refractivity contribution is 5.92. The van der Waals surface area contributed by atoms with Gasteiger partial charge in [0.15, 0.2) is 0 Å². The van der Waals surface area contributed by atoms with Gasteiger partial charge < -0.3 is 15.5 Å².